The van der Waals surface area contributed by atoms with Gasteiger partial charge in [0.25, 0.3) is 0 Å². The molecule has 0 bridgehead atoms. The van der Waals surface area contributed by atoms with Crippen LogP contribution in [0.4, 0.5) is 0 Å². The van der Waals surface area contributed by atoms with Crippen LogP contribution in [0.25, 0.3) is 0 Å². The van der Waals surface area contributed by atoms with Gasteiger partial charge in [-0.1, -0.05) is 42.0 Å². The summed E-state index contributed by atoms with van der Waals surface area (Å²) in [5.41, 5.74) is 3.33. The Kier molecular flexibility index (Phi) is 8.03. The van der Waals surface area contributed by atoms with Crippen molar-refractivity contribution in [3.8, 4) is 0 Å². The molecule has 0 aliphatic carbocycles. The van der Waals surface area contributed by atoms with Gasteiger partial charge in [-0.25, -0.2) is 8.42 Å². The first-order chi connectivity index (χ1) is 16.3. The number of sulfonamides is 1. The highest BCUT2D eigenvalue weighted by atomic mass is 32.2. The lowest BCUT2D eigenvalue weighted by Gasteiger charge is -2.31. The van der Waals surface area contributed by atoms with E-state index in [1.807, 2.05) is 31.2 Å². The molecule has 1 N–H and O–H groups in total. The van der Waals surface area contributed by atoms with Gasteiger partial charge in [-0.05, 0) is 49.9 Å². The molecule has 2 fully saturated rings. The molecule has 2 aromatic rings. The number of piperidine rings is 1. The molecule has 8 heteroatoms. The molecule has 1 amide bonds. The van der Waals surface area contributed by atoms with Gasteiger partial charge in [0.1, 0.15) is 0 Å². The third kappa shape index (κ3) is 6.24. The number of benzene rings is 2. The standard InChI is InChI=1S/C26H35N3O4S/c1-20-6-8-25(9-7-20)34(31,32)29-12-10-24(11-13-29)26(30)27-17-22-4-3-5-23(16-22)19-28-14-15-33-21(2)18-28/h3-9,16,21,24H,10-15,17-19H2,1-2H3,(H,27,30). The topological polar surface area (TPSA) is 79.0 Å². The molecule has 0 spiro atoms. The van der Waals surface area contributed by atoms with Crippen molar-refractivity contribution in [2.45, 2.75) is 50.8 Å². The van der Waals surface area contributed by atoms with Gasteiger partial charge in [0.15, 0.2) is 0 Å². The van der Waals surface area contributed by atoms with Crippen LogP contribution in [0.1, 0.15) is 36.5 Å². The van der Waals surface area contributed by atoms with Crippen molar-refractivity contribution < 1.29 is 17.9 Å². The first kappa shape index (κ1) is 24.9. The minimum absolute atomic E-state index is 0.000194. The molecular weight excluding hydrogens is 450 g/mol. The number of hydrogen-bond acceptors (Lipinski definition) is 5. The number of amides is 1. The zero-order chi connectivity index (χ0) is 24.1. The average molecular weight is 486 g/mol. The van der Waals surface area contributed by atoms with Crippen LogP contribution in [0, 0.1) is 12.8 Å². The molecule has 4 rings (SSSR count). The van der Waals surface area contributed by atoms with Crippen molar-refractivity contribution >= 4 is 15.9 Å². The number of nitrogens with zero attached hydrogens (tertiary/aromatic N) is 2. The van der Waals surface area contributed by atoms with Gasteiger partial charge in [0.05, 0.1) is 17.6 Å². The summed E-state index contributed by atoms with van der Waals surface area (Å²) in [4.78, 5) is 15.5. The maximum atomic E-state index is 12.9. The average Bonchev–Trinajstić information content (AvgIpc) is 2.83. The first-order valence-electron chi connectivity index (χ1n) is 12.1. The summed E-state index contributed by atoms with van der Waals surface area (Å²) in [6.07, 6.45) is 1.33. The Morgan fingerprint density at radius 1 is 1.06 bits per heavy atom. The van der Waals surface area contributed by atoms with Gasteiger partial charge in [0.2, 0.25) is 15.9 Å². The second kappa shape index (κ2) is 11.0. The van der Waals surface area contributed by atoms with E-state index in [0.717, 1.165) is 37.4 Å². The molecular formula is C26H35N3O4S. The van der Waals surface area contributed by atoms with Crippen molar-refractivity contribution in [2.24, 2.45) is 5.92 Å². The molecule has 2 aliphatic heterocycles. The number of morpholine rings is 1. The van der Waals surface area contributed by atoms with E-state index in [9.17, 15) is 13.2 Å². The summed E-state index contributed by atoms with van der Waals surface area (Å²) in [6.45, 7) is 8.74. The minimum Gasteiger partial charge on any atom is -0.376 e. The monoisotopic (exact) mass is 485 g/mol. The van der Waals surface area contributed by atoms with E-state index in [0.29, 0.717) is 37.4 Å². The van der Waals surface area contributed by atoms with Crippen LogP contribution in [-0.4, -0.2) is 62.4 Å². The summed E-state index contributed by atoms with van der Waals surface area (Å²) in [5, 5.41) is 3.06. The summed E-state index contributed by atoms with van der Waals surface area (Å²) in [7, 11) is -3.51. The predicted octanol–water partition coefficient (Wildman–Crippen LogP) is 2.93. The van der Waals surface area contributed by atoms with Crippen molar-refractivity contribution in [1.82, 2.24) is 14.5 Å². The summed E-state index contributed by atoms with van der Waals surface area (Å²) < 4.78 is 32.9. The van der Waals surface area contributed by atoms with E-state index in [1.54, 1.807) is 12.1 Å². The van der Waals surface area contributed by atoms with Crippen molar-refractivity contribution in [3.63, 3.8) is 0 Å². The molecule has 2 aromatic carbocycles. The molecule has 0 radical (unpaired) electrons. The van der Waals surface area contributed by atoms with E-state index in [1.165, 1.54) is 9.87 Å². The lowest BCUT2D eigenvalue weighted by atomic mass is 9.97. The van der Waals surface area contributed by atoms with Crippen LogP contribution in [0.5, 0.6) is 0 Å². The smallest absolute Gasteiger partial charge is 0.243 e. The van der Waals surface area contributed by atoms with Gasteiger partial charge < -0.3 is 10.1 Å². The molecule has 2 saturated heterocycles. The largest absolute Gasteiger partial charge is 0.376 e. The van der Waals surface area contributed by atoms with Crippen molar-refractivity contribution in [3.05, 3.63) is 65.2 Å². The van der Waals surface area contributed by atoms with Gasteiger partial charge in [-0.3, -0.25) is 9.69 Å². The maximum Gasteiger partial charge on any atom is 0.243 e. The zero-order valence-electron chi connectivity index (χ0n) is 20.1. The van der Waals surface area contributed by atoms with Crippen LogP contribution >= 0.6 is 0 Å². The molecule has 34 heavy (non-hydrogen) atoms. The highest BCUT2D eigenvalue weighted by Crippen LogP contribution is 2.24. The van der Waals surface area contributed by atoms with Crippen LogP contribution in [0.3, 0.4) is 0 Å². The van der Waals surface area contributed by atoms with Crippen LogP contribution in [0.15, 0.2) is 53.4 Å². The normalized spacial score (nSPS) is 20.8. The molecule has 2 aliphatic rings. The number of hydrogen-bond donors (Lipinski definition) is 1. The fourth-order valence-corrected chi connectivity index (χ4v) is 6.15. The quantitative estimate of drug-likeness (QED) is 0.652. The summed E-state index contributed by atoms with van der Waals surface area (Å²) >= 11 is 0. The lowest BCUT2D eigenvalue weighted by molar-refractivity contribution is -0.126. The first-order valence-corrected chi connectivity index (χ1v) is 13.5. The fraction of sp³-hybridized carbons (Fsp3) is 0.500. The number of carbonyl (C=O) groups is 1. The van der Waals surface area contributed by atoms with Crippen molar-refractivity contribution in [2.75, 3.05) is 32.8 Å². The minimum atomic E-state index is -3.51. The van der Waals surface area contributed by atoms with E-state index >= 15 is 0 Å². The number of aryl methyl sites for hydroxylation is 1. The highest BCUT2D eigenvalue weighted by Gasteiger charge is 2.32. The Bertz CT molecular complexity index is 1080. The Balaban J connectivity index is 1.26. The number of rotatable bonds is 7. The summed E-state index contributed by atoms with van der Waals surface area (Å²) in [6, 6.07) is 15.3. The Labute approximate surface area is 203 Å². The molecule has 1 atom stereocenters. The Morgan fingerprint density at radius 3 is 2.47 bits per heavy atom. The highest BCUT2D eigenvalue weighted by molar-refractivity contribution is 7.89. The molecule has 1 unspecified atom stereocenters. The molecule has 0 saturated carbocycles. The molecule has 0 aromatic heterocycles. The fourth-order valence-electron chi connectivity index (χ4n) is 4.68. The number of carbonyl (C=O) groups excluding carboxylic acids is 1. The van der Waals surface area contributed by atoms with E-state index in [4.69, 9.17) is 4.74 Å². The maximum absolute atomic E-state index is 12.9. The predicted molar refractivity (Wildman–Crippen MR) is 132 cm³/mol. The Morgan fingerprint density at radius 2 is 1.76 bits per heavy atom. The second-order valence-corrected chi connectivity index (χ2v) is 11.4. The van der Waals surface area contributed by atoms with Gasteiger partial charge in [0, 0.05) is 45.2 Å². The number of nitrogens with one attached hydrogen (secondary N) is 1. The molecule has 7 nitrogen and oxygen atoms in total. The van der Waals surface area contributed by atoms with E-state index in [-0.39, 0.29) is 17.9 Å². The van der Waals surface area contributed by atoms with Gasteiger partial charge in [-0.2, -0.15) is 4.31 Å². The van der Waals surface area contributed by atoms with Crippen LogP contribution in [0.2, 0.25) is 0 Å². The van der Waals surface area contributed by atoms with E-state index < -0.39 is 10.0 Å². The number of ether oxygens (including phenoxy) is 1. The van der Waals surface area contributed by atoms with E-state index in [2.05, 4.69) is 29.3 Å². The second-order valence-electron chi connectivity index (χ2n) is 9.45. The SMILES string of the molecule is Cc1ccc(S(=O)(=O)N2CCC(C(=O)NCc3cccc(CN4CCOC(C)C4)c3)CC2)cc1. The zero-order valence-corrected chi connectivity index (χ0v) is 20.9. The Hall–Kier alpha value is -2.26. The third-order valence-electron chi connectivity index (χ3n) is 6.67. The van der Waals surface area contributed by atoms with Gasteiger partial charge in [-0.15, -0.1) is 0 Å². The van der Waals surface area contributed by atoms with Crippen LogP contribution < -0.4 is 5.32 Å². The lowest BCUT2D eigenvalue weighted by Crippen LogP contribution is -2.42. The third-order valence-corrected chi connectivity index (χ3v) is 8.59. The van der Waals surface area contributed by atoms with Crippen LogP contribution in [-0.2, 0) is 32.6 Å². The summed E-state index contributed by atoms with van der Waals surface area (Å²) in [5.74, 6) is -0.165. The molecule has 184 valence electrons. The molecule has 2 heterocycles. The van der Waals surface area contributed by atoms with Gasteiger partial charge >= 0.3 is 0 Å². The van der Waals surface area contributed by atoms with Crippen molar-refractivity contribution in [1.29, 1.82) is 0 Å².